The zero-order valence-corrected chi connectivity index (χ0v) is 19.4. The Morgan fingerprint density at radius 2 is 1.82 bits per heavy atom. The van der Waals surface area contributed by atoms with Gasteiger partial charge < -0.3 is 9.47 Å². The number of amides is 2. The molecule has 1 aliphatic heterocycles. The van der Waals surface area contributed by atoms with E-state index in [1.807, 2.05) is 30.3 Å². The molecule has 1 fully saturated rings. The molecule has 8 heteroatoms. The van der Waals surface area contributed by atoms with Crippen LogP contribution in [0.1, 0.15) is 25.0 Å². The summed E-state index contributed by atoms with van der Waals surface area (Å²) in [5, 5.41) is 1.23. The van der Waals surface area contributed by atoms with Crippen molar-refractivity contribution in [2.75, 3.05) is 6.61 Å². The second-order valence-electron chi connectivity index (χ2n) is 7.59. The molecule has 1 saturated heterocycles. The zero-order chi connectivity index (χ0) is 24.2. The van der Waals surface area contributed by atoms with Crippen LogP contribution in [0.15, 0.2) is 65.6 Å². The van der Waals surface area contributed by atoms with E-state index in [0.29, 0.717) is 11.3 Å². The fourth-order valence-corrected chi connectivity index (χ4v) is 4.50. The Hall–Kier alpha value is -3.65. The molecule has 1 atom stereocenters. The van der Waals surface area contributed by atoms with Crippen LogP contribution in [-0.2, 0) is 20.9 Å². The first-order valence-corrected chi connectivity index (χ1v) is 11.5. The number of thioether (sulfide) groups is 1. The number of esters is 1. The highest BCUT2D eigenvalue weighted by atomic mass is 32.2. The summed E-state index contributed by atoms with van der Waals surface area (Å²) >= 11 is 0.767. The first kappa shape index (κ1) is 23.5. The minimum atomic E-state index is -1.03. The van der Waals surface area contributed by atoms with Crippen LogP contribution in [-0.4, -0.2) is 34.7 Å². The molecule has 1 aliphatic rings. The van der Waals surface area contributed by atoms with Crippen molar-refractivity contribution >= 4 is 45.7 Å². The van der Waals surface area contributed by atoms with Gasteiger partial charge in [0.15, 0.2) is 0 Å². The second-order valence-corrected chi connectivity index (χ2v) is 8.59. The molecule has 0 aliphatic carbocycles. The number of nitrogens with zero attached hydrogens (tertiary/aromatic N) is 1. The average molecular weight is 480 g/mol. The quantitative estimate of drug-likeness (QED) is 0.327. The standard InChI is InChI=1S/C26H22FNO5S/c1-3-32-25(30)16(2)28-24(29)23(34-26(28)31)14-21-20-7-5-4-6-18(20)10-13-22(21)33-15-17-8-11-19(27)12-9-17/h4-14,16H,3,15H2,1-2H3/b23-14+/t16-/m1/s1. The molecule has 3 aromatic carbocycles. The summed E-state index contributed by atoms with van der Waals surface area (Å²) in [5.74, 6) is -1.02. The Balaban J connectivity index is 1.69. The molecule has 174 valence electrons. The van der Waals surface area contributed by atoms with E-state index in [4.69, 9.17) is 9.47 Å². The Morgan fingerprint density at radius 3 is 2.56 bits per heavy atom. The van der Waals surface area contributed by atoms with E-state index < -0.39 is 23.2 Å². The van der Waals surface area contributed by atoms with Crippen molar-refractivity contribution in [1.82, 2.24) is 4.90 Å². The minimum Gasteiger partial charge on any atom is -0.488 e. The third-order valence-electron chi connectivity index (χ3n) is 5.35. The summed E-state index contributed by atoms with van der Waals surface area (Å²) in [7, 11) is 0. The lowest BCUT2D eigenvalue weighted by atomic mass is 10.0. The first-order valence-electron chi connectivity index (χ1n) is 10.7. The highest BCUT2D eigenvalue weighted by molar-refractivity contribution is 8.18. The highest BCUT2D eigenvalue weighted by Gasteiger charge is 2.41. The molecule has 0 saturated carbocycles. The maximum atomic E-state index is 13.2. The van der Waals surface area contributed by atoms with Gasteiger partial charge in [-0.1, -0.05) is 42.5 Å². The third-order valence-corrected chi connectivity index (χ3v) is 6.24. The van der Waals surface area contributed by atoms with Gasteiger partial charge in [-0.15, -0.1) is 0 Å². The number of carbonyl (C=O) groups is 3. The van der Waals surface area contributed by atoms with Crippen molar-refractivity contribution < 1.29 is 28.2 Å². The summed E-state index contributed by atoms with van der Waals surface area (Å²) in [4.78, 5) is 38.9. The number of hydrogen-bond donors (Lipinski definition) is 0. The van der Waals surface area contributed by atoms with E-state index in [0.717, 1.165) is 33.0 Å². The van der Waals surface area contributed by atoms with Gasteiger partial charge in [-0.3, -0.25) is 14.5 Å². The number of carbonyl (C=O) groups excluding carboxylic acids is 3. The Labute approximate surface area is 200 Å². The molecule has 0 aromatic heterocycles. The van der Waals surface area contributed by atoms with E-state index in [9.17, 15) is 18.8 Å². The van der Waals surface area contributed by atoms with Gasteiger partial charge in [0, 0.05) is 5.56 Å². The lowest BCUT2D eigenvalue weighted by Crippen LogP contribution is -2.42. The maximum Gasteiger partial charge on any atom is 0.329 e. The number of benzene rings is 3. The normalized spacial score (nSPS) is 15.7. The van der Waals surface area contributed by atoms with Crippen LogP contribution >= 0.6 is 11.8 Å². The molecule has 6 nitrogen and oxygen atoms in total. The van der Waals surface area contributed by atoms with Crippen molar-refractivity contribution in [3.63, 3.8) is 0 Å². The molecule has 0 bridgehead atoms. The van der Waals surface area contributed by atoms with Crippen molar-refractivity contribution in [2.24, 2.45) is 0 Å². The minimum absolute atomic E-state index is 0.153. The molecule has 34 heavy (non-hydrogen) atoms. The lowest BCUT2D eigenvalue weighted by Gasteiger charge is -2.19. The topological polar surface area (TPSA) is 72.9 Å². The molecular formula is C26H22FNO5S. The summed E-state index contributed by atoms with van der Waals surface area (Å²) in [6, 6.07) is 16.3. The number of hydrogen-bond acceptors (Lipinski definition) is 6. The van der Waals surface area contributed by atoms with Gasteiger partial charge in [-0.05, 0) is 66.2 Å². The molecule has 0 spiro atoms. The Bertz CT molecular complexity index is 1290. The Morgan fingerprint density at radius 1 is 1.09 bits per heavy atom. The smallest absolute Gasteiger partial charge is 0.329 e. The van der Waals surface area contributed by atoms with Gasteiger partial charge in [-0.25, -0.2) is 9.18 Å². The molecule has 0 unspecified atom stereocenters. The summed E-state index contributed by atoms with van der Waals surface area (Å²) in [6.45, 7) is 3.47. The summed E-state index contributed by atoms with van der Waals surface area (Å²) < 4.78 is 24.2. The van der Waals surface area contributed by atoms with E-state index in [-0.39, 0.29) is 23.9 Å². The largest absolute Gasteiger partial charge is 0.488 e. The van der Waals surface area contributed by atoms with E-state index >= 15 is 0 Å². The first-order chi connectivity index (χ1) is 16.4. The molecule has 2 amide bonds. The Kier molecular flexibility index (Phi) is 6.98. The average Bonchev–Trinajstić information content (AvgIpc) is 3.11. The van der Waals surface area contributed by atoms with Gasteiger partial charge in [-0.2, -0.15) is 0 Å². The predicted octanol–water partition coefficient (Wildman–Crippen LogP) is 5.55. The fraction of sp³-hybridized carbons (Fsp3) is 0.192. The molecule has 0 radical (unpaired) electrons. The van der Waals surface area contributed by atoms with Crippen molar-refractivity contribution in [2.45, 2.75) is 26.5 Å². The van der Waals surface area contributed by atoms with Crippen LogP contribution in [0.4, 0.5) is 9.18 Å². The van der Waals surface area contributed by atoms with Gasteiger partial charge in [0.05, 0.1) is 11.5 Å². The lowest BCUT2D eigenvalue weighted by molar-refractivity contribution is -0.150. The molecule has 1 heterocycles. The zero-order valence-electron chi connectivity index (χ0n) is 18.6. The van der Waals surface area contributed by atoms with Crippen molar-refractivity contribution in [3.8, 4) is 5.75 Å². The van der Waals surface area contributed by atoms with Crippen molar-refractivity contribution in [1.29, 1.82) is 0 Å². The molecule has 0 N–H and O–H groups in total. The van der Waals surface area contributed by atoms with Crippen LogP contribution in [0.25, 0.3) is 16.8 Å². The third kappa shape index (κ3) is 4.82. The van der Waals surface area contributed by atoms with Gasteiger partial charge >= 0.3 is 5.97 Å². The number of imide groups is 1. The molecule has 3 aromatic rings. The van der Waals surface area contributed by atoms with Crippen molar-refractivity contribution in [3.05, 3.63) is 82.5 Å². The monoisotopic (exact) mass is 479 g/mol. The van der Waals surface area contributed by atoms with Crippen LogP contribution < -0.4 is 4.74 Å². The van der Waals surface area contributed by atoms with Crippen LogP contribution in [0.2, 0.25) is 0 Å². The van der Waals surface area contributed by atoms with Gasteiger partial charge in [0.1, 0.15) is 24.2 Å². The van der Waals surface area contributed by atoms with Crippen LogP contribution in [0.5, 0.6) is 5.75 Å². The summed E-state index contributed by atoms with van der Waals surface area (Å²) in [6.07, 6.45) is 1.62. The molecule has 4 rings (SSSR count). The van der Waals surface area contributed by atoms with E-state index in [2.05, 4.69) is 0 Å². The van der Waals surface area contributed by atoms with E-state index in [1.54, 1.807) is 31.2 Å². The van der Waals surface area contributed by atoms with Gasteiger partial charge in [0.2, 0.25) is 0 Å². The second kappa shape index (κ2) is 10.1. The van der Waals surface area contributed by atoms with Crippen LogP contribution in [0, 0.1) is 5.82 Å². The number of halogens is 1. The predicted molar refractivity (Wildman–Crippen MR) is 129 cm³/mol. The number of fused-ring (bicyclic) bond motifs is 1. The van der Waals surface area contributed by atoms with Gasteiger partial charge in [0.25, 0.3) is 11.1 Å². The van der Waals surface area contributed by atoms with Crippen LogP contribution in [0.3, 0.4) is 0 Å². The highest BCUT2D eigenvalue weighted by Crippen LogP contribution is 2.38. The maximum absolute atomic E-state index is 13.2. The number of ether oxygens (including phenoxy) is 2. The summed E-state index contributed by atoms with van der Waals surface area (Å²) in [5.41, 5.74) is 1.42. The number of rotatable bonds is 7. The molecular weight excluding hydrogens is 457 g/mol. The SMILES string of the molecule is CCOC(=O)[C@@H](C)N1C(=O)S/C(=C/c2c(OCc3ccc(F)cc3)ccc3ccccc23)C1=O. The fourth-order valence-electron chi connectivity index (χ4n) is 3.61. The van der Waals surface area contributed by atoms with E-state index in [1.165, 1.54) is 19.1 Å².